The summed E-state index contributed by atoms with van der Waals surface area (Å²) in [5, 5.41) is 32.4. The van der Waals surface area contributed by atoms with Crippen LogP contribution < -0.4 is 4.90 Å². The molecule has 0 saturated carbocycles. The van der Waals surface area contributed by atoms with Crippen LogP contribution in [-0.4, -0.2) is 78.3 Å². The zero-order valence-electron chi connectivity index (χ0n) is 27.8. The first kappa shape index (κ1) is 36.4. The molecule has 3 N–H and O–H groups in total. The maximum atomic E-state index is 12.6. The van der Waals surface area contributed by atoms with E-state index in [4.69, 9.17) is 16.6 Å². The van der Waals surface area contributed by atoms with Gasteiger partial charge in [0, 0.05) is 45.9 Å². The molecule has 2 aromatic heterocycles. The third-order valence-electron chi connectivity index (χ3n) is 8.41. The molecule has 1 amide bonds. The summed E-state index contributed by atoms with van der Waals surface area (Å²) in [7, 11) is 0. The van der Waals surface area contributed by atoms with Crippen LogP contribution in [0.2, 0.25) is 5.15 Å². The molecule has 13 heteroatoms. The number of aromatic hydroxyl groups is 2. The third-order valence-corrected chi connectivity index (χ3v) is 9.68. The maximum absolute atomic E-state index is 12.6. The molecule has 7 rings (SSSR count). The number of halogens is 3. The van der Waals surface area contributed by atoms with E-state index < -0.39 is 6.10 Å². The predicted molar refractivity (Wildman–Crippen MR) is 208 cm³/mol. The van der Waals surface area contributed by atoms with Gasteiger partial charge in [-0.15, -0.1) is 0 Å². The highest BCUT2D eigenvalue weighted by Gasteiger charge is 2.28. The van der Waals surface area contributed by atoms with Gasteiger partial charge in [-0.25, -0.2) is 19.9 Å². The van der Waals surface area contributed by atoms with E-state index in [0.29, 0.717) is 60.5 Å². The number of carbonyl (C=O) groups is 1. The number of hydrogen-bond acceptors (Lipinski definition) is 9. The zero-order valence-corrected chi connectivity index (χ0v) is 31.8. The van der Waals surface area contributed by atoms with Crippen LogP contribution in [0, 0.1) is 5.92 Å². The SMILES string of the molecule is CC(C)C[C@@H](O)C(=O)N1CCN(c2nc(-c3ccccc3O)nc3ccc(Br)cc23)CC1.Oc1ccccc1-c1nc(Cl)c2cc(Br)ccc2n1. The summed E-state index contributed by atoms with van der Waals surface area (Å²) in [5.41, 5.74) is 2.65. The van der Waals surface area contributed by atoms with E-state index in [-0.39, 0.29) is 23.3 Å². The molecule has 0 radical (unpaired) electrons. The van der Waals surface area contributed by atoms with Gasteiger partial charge in [-0.2, -0.15) is 0 Å². The number of anilines is 1. The van der Waals surface area contributed by atoms with E-state index in [2.05, 4.69) is 51.7 Å². The molecule has 1 fully saturated rings. The lowest BCUT2D eigenvalue weighted by Gasteiger charge is -2.37. The van der Waals surface area contributed by atoms with Gasteiger partial charge < -0.3 is 25.1 Å². The monoisotopic (exact) mass is 832 g/mol. The van der Waals surface area contributed by atoms with Crippen molar-refractivity contribution in [1.29, 1.82) is 0 Å². The molecule has 1 atom stereocenters. The summed E-state index contributed by atoms with van der Waals surface area (Å²) in [6, 6.07) is 25.4. The zero-order chi connectivity index (χ0) is 36.2. The molecule has 1 aliphatic heterocycles. The number of hydrogen-bond donors (Lipinski definition) is 3. The lowest BCUT2D eigenvalue weighted by molar-refractivity contribution is -0.141. The fraction of sp³-hybridized carbons (Fsp3) is 0.237. The molecule has 1 saturated heterocycles. The van der Waals surface area contributed by atoms with Crippen LogP contribution in [0.1, 0.15) is 20.3 Å². The summed E-state index contributed by atoms with van der Waals surface area (Å²) in [6.07, 6.45) is -0.488. The van der Waals surface area contributed by atoms with E-state index in [1.807, 2.05) is 62.4 Å². The number of piperazine rings is 1. The second kappa shape index (κ2) is 15.9. The number of amides is 1. The van der Waals surface area contributed by atoms with Crippen molar-refractivity contribution in [3.8, 4) is 34.3 Å². The molecule has 51 heavy (non-hydrogen) atoms. The molecular formula is C38H35Br2ClN6O4. The largest absolute Gasteiger partial charge is 0.507 e. The molecule has 3 heterocycles. The number of phenolic OH excluding ortho intramolecular Hbond substituents is 2. The quantitative estimate of drug-likeness (QED) is 0.142. The molecular weight excluding hydrogens is 800 g/mol. The normalized spacial score (nSPS) is 13.7. The highest BCUT2D eigenvalue weighted by atomic mass is 79.9. The number of nitrogens with zero attached hydrogens (tertiary/aromatic N) is 6. The summed E-state index contributed by atoms with van der Waals surface area (Å²) in [4.78, 5) is 34.7. The average Bonchev–Trinajstić information content (AvgIpc) is 3.11. The molecule has 6 aromatic rings. The lowest BCUT2D eigenvalue weighted by Crippen LogP contribution is -2.52. The number of carbonyl (C=O) groups excluding carboxylic acids is 1. The number of aliphatic hydroxyl groups excluding tert-OH is 1. The van der Waals surface area contributed by atoms with Crippen LogP contribution in [0.4, 0.5) is 5.82 Å². The average molecular weight is 835 g/mol. The second-order valence-corrected chi connectivity index (χ2v) is 14.7. The fourth-order valence-corrected chi connectivity index (χ4v) is 6.81. The minimum absolute atomic E-state index is 0.129. The summed E-state index contributed by atoms with van der Waals surface area (Å²) in [5.74, 6) is 1.96. The van der Waals surface area contributed by atoms with Crippen molar-refractivity contribution in [2.24, 2.45) is 5.92 Å². The van der Waals surface area contributed by atoms with Gasteiger partial charge in [-0.1, -0.05) is 81.6 Å². The minimum atomic E-state index is -0.954. The van der Waals surface area contributed by atoms with Crippen molar-refractivity contribution in [3.63, 3.8) is 0 Å². The topological polar surface area (TPSA) is 136 Å². The summed E-state index contributed by atoms with van der Waals surface area (Å²) >= 11 is 13.1. The third kappa shape index (κ3) is 8.41. The number of benzene rings is 4. The first-order valence-electron chi connectivity index (χ1n) is 16.4. The number of aromatic nitrogens is 4. The standard InChI is InChI=1S/C24H27BrN4O3.C14H8BrClN2O/c1-15(2)13-21(31)24(32)29-11-9-28(10-12-29)23-18-14-16(25)7-8-19(18)26-22(27-23)17-5-3-4-6-20(17)30;15-8-5-6-11-10(7-8)13(16)18-14(17-11)9-3-1-2-4-12(9)19/h3-8,14-15,21,30-31H,9-13H2,1-2H3;1-7,19H/t21-;/m1./s1. The Morgan fingerprint density at radius 1 is 0.745 bits per heavy atom. The minimum Gasteiger partial charge on any atom is -0.507 e. The molecule has 0 unspecified atom stereocenters. The Bertz CT molecular complexity index is 2210. The van der Waals surface area contributed by atoms with Gasteiger partial charge >= 0.3 is 0 Å². The van der Waals surface area contributed by atoms with Crippen molar-refractivity contribution < 1.29 is 20.1 Å². The summed E-state index contributed by atoms with van der Waals surface area (Å²) in [6.45, 7) is 6.21. The molecule has 262 valence electrons. The Balaban J connectivity index is 0.000000200. The summed E-state index contributed by atoms with van der Waals surface area (Å²) < 4.78 is 1.84. The highest BCUT2D eigenvalue weighted by Crippen LogP contribution is 2.34. The van der Waals surface area contributed by atoms with E-state index in [1.165, 1.54) is 0 Å². The van der Waals surface area contributed by atoms with Crippen LogP contribution in [0.15, 0.2) is 93.9 Å². The van der Waals surface area contributed by atoms with E-state index in [0.717, 1.165) is 36.6 Å². The number of phenols is 2. The number of rotatable bonds is 6. The number of fused-ring (bicyclic) bond motifs is 2. The molecule has 0 bridgehead atoms. The lowest BCUT2D eigenvalue weighted by atomic mass is 10.0. The van der Waals surface area contributed by atoms with Gasteiger partial charge in [0.05, 0.1) is 22.2 Å². The first-order chi connectivity index (χ1) is 24.5. The second-order valence-electron chi connectivity index (χ2n) is 12.5. The van der Waals surface area contributed by atoms with Crippen LogP contribution in [-0.2, 0) is 4.79 Å². The maximum Gasteiger partial charge on any atom is 0.251 e. The molecule has 4 aromatic carbocycles. The molecule has 0 spiro atoms. The van der Waals surface area contributed by atoms with Crippen molar-refractivity contribution in [2.75, 3.05) is 31.1 Å². The van der Waals surface area contributed by atoms with Crippen LogP contribution in [0.5, 0.6) is 11.5 Å². The first-order valence-corrected chi connectivity index (χ1v) is 18.3. The Hall–Kier alpha value is -4.36. The Morgan fingerprint density at radius 2 is 1.25 bits per heavy atom. The Morgan fingerprint density at radius 3 is 1.80 bits per heavy atom. The van der Waals surface area contributed by atoms with E-state index >= 15 is 0 Å². The van der Waals surface area contributed by atoms with Crippen molar-refractivity contribution in [2.45, 2.75) is 26.4 Å². The van der Waals surface area contributed by atoms with Crippen LogP contribution >= 0.6 is 43.5 Å². The Labute approximate surface area is 317 Å². The van der Waals surface area contributed by atoms with Gasteiger partial charge in [0.1, 0.15) is 28.6 Å². The molecule has 10 nitrogen and oxygen atoms in total. The van der Waals surface area contributed by atoms with Crippen molar-refractivity contribution >= 4 is 77.0 Å². The van der Waals surface area contributed by atoms with Gasteiger partial charge in [-0.3, -0.25) is 4.79 Å². The smallest absolute Gasteiger partial charge is 0.251 e. The van der Waals surface area contributed by atoms with Gasteiger partial charge in [0.15, 0.2) is 11.6 Å². The van der Waals surface area contributed by atoms with Gasteiger partial charge in [0.2, 0.25) is 0 Å². The van der Waals surface area contributed by atoms with E-state index in [1.54, 1.807) is 41.3 Å². The molecule has 0 aliphatic carbocycles. The van der Waals surface area contributed by atoms with E-state index in [9.17, 15) is 20.1 Å². The number of aliphatic hydroxyl groups is 1. The predicted octanol–water partition coefficient (Wildman–Crippen LogP) is 8.24. The number of para-hydroxylation sites is 2. The van der Waals surface area contributed by atoms with Crippen molar-refractivity contribution in [1.82, 2.24) is 24.8 Å². The molecule has 1 aliphatic rings. The Kier molecular flexibility index (Phi) is 11.4. The highest BCUT2D eigenvalue weighted by molar-refractivity contribution is 9.10. The van der Waals surface area contributed by atoms with Crippen molar-refractivity contribution in [3.05, 3.63) is 99.0 Å². The fourth-order valence-electron chi connectivity index (χ4n) is 5.85. The van der Waals surface area contributed by atoms with Gasteiger partial charge in [-0.05, 0) is 73.0 Å². The van der Waals surface area contributed by atoms with Gasteiger partial charge in [0.25, 0.3) is 5.91 Å². The van der Waals surface area contributed by atoms with Crippen LogP contribution in [0.25, 0.3) is 44.6 Å². The van der Waals surface area contributed by atoms with Crippen LogP contribution in [0.3, 0.4) is 0 Å².